The molecule has 12 rings (SSSR count). The SMILES string of the molecule is C=C[C@@H]1C[C@]1(NC(=O)[C@@H]1C[C@H](O)CN1C(=O)[C@@H](NC(=O)OC1CCCC1)C(C)(C)C)C(=O)O.C=C[C@@H]1C[C@]1(NC(=O)[C@@H]1C[C@H](Oc2cc(-c3csc(NC(=O)C(C)C)n3)nc3c(Br)c(OC)ccc23)CN1C(=O)[C@@H](NC(=O)OC1CCCC1)C(C)(C)C)C(=O)O.COc1ccc2c(Cl)cc(-c3csc(NC(=O)C(C)C)n3)nc2c1Br. The highest BCUT2D eigenvalue weighted by molar-refractivity contribution is 9.11. The summed E-state index contributed by atoms with van der Waals surface area (Å²) in [6.45, 7) is 25.2. The summed E-state index contributed by atoms with van der Waals surface area (Å²) in [4.78, 5) is 150. The Kier molecular flexibility index (Phi) is 28.1. The lowest BCUT2D eigenvalue weighted by Crippen LogP contribution is -2.59. The van der Waals surface area contributed by atoms with Crippen molar-refractivity contribution < 1.29 is 86.9 Å². The summed E-state index contributed by atoms with van der Waals surface area (Å²) >= 11 is 16.2. The third kappa shape index (κ3) is 20.5. The number of pyridine rings is 2. The normalized spacial score (nSPS) is 22.3. The molecule has 10 atom stereocenters. The van der Waals surface area contributed by atoms with Crippen molar-refractivity contribution in [2.24, 2.45) is 34.5 Å². The van der Waals surface area contributed by atoms with Crippen LogP contribution in [0.25, 0.3) is 44.6 Å². The highest BCUT2D eigenvalue weighted by Crippen LogP contribution is 2.48. The number of aliphatic hydroxyl groups is 1. The Hall–Kier alpha value is -9.09. The molecule has 6 fully saturated rings. The minimum absolute atomic E-state index is 0.00791. The number of likely N-dealkylation sites (tertiary alicyclic amines) is 2. The fraction of sp³-hybridized carbons (Fsp3) is 0.525. The number of carboxylic acids is 2. The Labute approximate surface area is 696 Å². The quantitative estimate of drug-likeness (QED) is 0.0254. The highest BCUT2D eigenvalue weighted by Gasteiger charge is 2.63. The summed E-state index contributed by atoms with van der Waals surface area (Å²) in [6, 6.07) is 6.44. The number of aromatic nitrogens is 4. The molecule has 0 bridgehead atoms. The fourth-order valence-corrected chi connectivity index (χ4v) is 17.1. The van der Waals surface area contributed by atoms with E-state index < -0.39 is 118 Å². The number of nitrogens with one attached hydrogen (secondary N) is 6. The number of ether oxygens (including phenoxy) is 5. The van der Waals surface area contributed by atoms with Crippen LogP contribution in [0.15, 0.2) is 81.4 Å². The number of amides is 8. The van der Waals surface area contributed by atoms with E-state index in [0.29, 0.717) is 76.2 Å². The first-order valence-corrected chi connectivity index (χ1v) is 41.8. The van der Waals surface area contributed by atoms with Gasteiger partial charge in [0, 0.05) is 70.7 Å². The standard InChI is InChI=1S/C40H49BrN6O9S.C23H35N3O7.C17H15BrClN3O2S/c1-8-21-17-40(21,36(51)52)46-34(49)27-15-23(18-47(27)35(50)32(39(4,5)6)44-38(53)56-22-11-9-10-12-22)55-29-16-25(26-19-57-37(43-26)45-33(48)20(2)3)42-31-24(29)13-14-28(54-7)30(31)41;1-5-13-11-23(13,20(30)31)25-18(28)16-10-14(27)12-26(16)19(29)17(22(2,3)4)24-21(32)33-15-8-6-7-9-15;1-8(2)16(23)22-17-21-12(7-25-17)11-6-10(19)9-4-5-13(24-3)14(18)15(9)20-11/h8,13-14,16,19-23,27,32H,1,9-12,15,17-18H2,2-7H3,(H,44,53)(H,46,49)(H,51,52)(H,43,45,48);5,13-17,27H,1,6-12H2,2-4H3,(H,24,32)(H,25,28)(H,30,31);4-8H,1-3H3,(H,21,22,23)/t21-,23+,27+,32-,40-;13-,14+,16+,17-,23-;/m11./s1. The van der Waals surface area contributed by atoms with E-state index in [4.69, 9.17) is 40.3 Å². The van der Waals surface area contributed by atoms with Crippen LogP contribution in [0.1, 0.15) is 146 Å². The summed E-state index contributed by atoms with van der Waals surface area (Å²) in [7, 11) is 3.13. The number of fused-ring (bicyclic) bond motifs is 2. The Balaban J connectivity index is 0.000000202. The summed E-state index contributed by atoms with van der Waals surface area (Å²) in [6.07, 6.45) is 6.82. The van der Waals surface area contributed by atoms with Gasteiger partial charge in [0.15, 0.2) is 10.3 Å². The van der Waals surface area contributed by atoms with Gasteiger partial charge < -0.3 is 80.7 Å². The number of nitrogens with zero attached hydrogens (tertiary/aromatic N) is 6. The van der Waals surface area contributed by atoms with Gasteiger partial charge in [-0.3, -0.25) is 28.8 Å². The molecule has 4 aliphatic carbocycles. The van der Waals surface area contributed by atoms with Crippen molar-refractivity contribution in [3.05, 3.63) is 86.4 Å². The van der Waals surface area contributed by atoms with E-state index in [9.17, 15) is 63.3 Å². The van der Waals surface area contributed by atoms with Crippen LogP contribution in [0.4, 0.5) is 19.9 Å². The number of carbonyl (C=O) groups excluding carboxylic acids is 8. The van der Waals surface area contributed by atoms with Gasteiger partial charge in [0.2, 0.25) is 35.4 Å². The second-order valence-electron chi connectivity index (χ2n) is 32.3. The Morgan fingerprint density at radius 1 is 0.583 bits per heavy atom. The number of methoxy groups -OCH3 is 2. The van der Waals surface area contributed by atoms with Crippen LogP contribution in [-0.4, -0.2) is 192 Å². The van der Waals surface area contributed by atoms with Crippen molar-refractivity contribution in [2.75, 3.05) is 37.9 Å². The molecule has 2 aliphatic heterocycles. The van der Waals surface area contributed by atoms with Gasteiger partial charge in [-0.1, -0.05) is 93.0 Å². The van der Waals surface area contributed by atoms with Crippen LogP contribution in [0.2, 0.25) is 5.02 Å². The number of halogens is 3. The number of aliphatic carboxylic acids is 2. The van der Waals surface area contributed by atoms with Crippen LogP contribution >= 0.6 is 66.1 Å². The Morgan fingerprint density at radius 3 is 1.39 bits per heavy atom. The van der Waals surface area contributed by atoms with Gasteiger partial charge in [-0.15, -0.1) is 35.8 Å². The van der Waals surface area contributed by atoms with Gasteiger partial charge >= 0.3 is 24.1 Å². The average molecular weight is 1780 g/mol. The van der Waals surface area contributed by atoms with Crippen LogP contribution in [0.3, 0.4) is 0 Å². The van der Waals surface area contributed by atoms with Gasteiger partial charge in [0.1, 0.15) is 82.2 Å². The molecule has 9 N–H and O–H groups in total. The second-order valence-corrected chi connectivity index (χ2v) is 36.0. The molecule has 4 saturated carbocycles. The van der Waals surface area contributed by atoms with E-state index in [2.05, 4.69) is 91.9 Å². The lowest BCUT2D eigenvalue weighted by molar-refractivity contribution is -0.146. The van der Waals surface area contributed by atoms with Crippen LogP contribution in [0.5, 0.6) is 17.2 Å². The highest BCUT2D eigenvalue weighted by atomic mass is 79.9. The van der Waals surface area contributed by atoms with Crippen molar-refractivity contribution in [3.8, 4) is 40.0 Å². The molecule has 2 aromatic carbocycles. The number of benzene rings is 2. The van der Waals surface area contributed by atoms with E-state index in [0.717, 1.165) is 61.2 Å². The molecule has 6 aliphatic rings. The van der Waals surface area contributed by atoms with Gasteiger partial charge in [0.05, 0.1) is 63.3 Å². The third-order valence-electron chi connectivity index (χ3n) is 21.1. The first kappa shape index (κ1) is 88.3. The lowest BCUT2D eigenvalue weighted by atomic mass is 9.85. The molecule has 620 valence electrons. The number of aliphatic hydroxyl groups excluding tert-OH is 1. The van der Waals surface area contributed by atoms with Crippen molar-refractivity contribution in [2.45, 2.75) is 206 Å². The summed E-state index contributed by atoms with van der Waals surface area (Å²) < 4.78 is 30.0. The molecule has 0 spiro atoms. The number of anilines is 2. The summed E-state index contributed by atoms with van der Waals surface area (Å²) in [5.41, 5.74) is -1.10. The minimum Gasteiger partial charge on any atom is -0.495 e. The molecule has 6 heterocycles. The summed E-state index contributed by atoms with van der Waals surface area (Å²) in [5.74, 6) is -4.63. The van der Waals surface area contributed by atoms with Crippen LogP contribution < -0.4 is 46.1 Å². The molecule has 2 saturated heterocycles. The van der Waals surface area contributed by atoms with Gasteiger partial charge in [-0.05, 0) is 137 Å². The van der Waals surface area contributed by atoms with Crippen molar-refractivity contribution >= 4 is 158 Å². The van der Waals surface area contributed by atoms with Crippen molar-refractivity contribution in [3.63, 3.8) is 0 Å². The number of β-amino-alcohol motifs (C(OH)–C–C–N with tert-alkyl or cyclic N) is 1. The van der Waals surface area contributed by atoms with E-state index in [1.165, 1.54) is 51.7 Å². The molecular formula is C80H99Br2ClN12O18S2. The zero-order valence-electron chi connectivity index (χ0n) is 66.1. The van der Waals surface area contributed by atoms with E-state index in [-0.39, 0.29) is 74.6 Å². The zero-order chi connectivity index (χ0) is 84.1. The Morgan fingerprint density at radius 2 is 0.991 bits per heavy atom. The molecule has 0 unspecified atom stereocenters. The second kappa shape index (κ2) is 36.6. The molecule has 4 aromatic heterocycles. The molecule has 0 radical (unpaired) electrons. The average Bonchev–Trinajstić information content (AvgIpc) is 1.58. The monoisotopic (exact) mass is 1770 g/mol. The van der Waals surface area contributed by atoms with Gasteiger partial charge in [0.25, 0.3) is 0 Å². The first-order chi connectivity index (χ1) is 54.2. The molecule has 6 aromatic rings. The maximum atomic E-state index is 14.6. The van der Waals surface area contributed by atoms with Crippen molar-refractivity contribution in [1.29, 1.82) is 0 Å². The molecule has 115 heavy (non-hydrogen) atoms. The summed E-state index contributed by atoms with van der Waals surface area (Å²) in [5, 5.41) is 52.8. The van der Waals surface area contributed by atoms with Gasteiger partial charge in [-0.2, -0.15) is 0 Å². The number of rotatable bonds is 24. The number of alkyl carbamates (subject to hydrolysis) is 2. The number of carboxylic acid groups (broad SMARTS) is 2. The maximum absolute atomic E-state index is 14.6. The number of hydrogen-bond acceptors (Lipinski definition) is 22. The smallest absolute Gasteiger partial charge is 0.408 e. The maximum Gasteiger partial charge on any atom is 0.408 e. The first-order valence-electron chi connectivity index (χ1n) is 38.0. The molecule has 30 nitrogen and oxygen atoms in total. The largest absolute Gasteiger partial charge is 0.495 e. The van der Waals surface area contributed by atoms with E-state index in [1.54, 1.807) is 92.1 Å². The van der Waals surface area contributed by atoms with E-state index >= 15 is 0 Å². The lowest BCUT2D eigenvalue weighted by Gasteiger charge is -2.35. The number of thiazole rings is 2. The number of hydrogen-bond donors (Lipinski definition) is 9. The molecule has 35 heteroatoms. The third-order valence-corrected chi connectivity index (χ3v) is 24.5. The molecular weight excluding hydrogens is 1680 g/mol. The Bertz CT molecular complexity index is 4730. The van der Waals surface area contributed by atoms with Crippen molar-refractivity contribution in [1.82, 2.24) is 51.0 Å². The number of carbonyl (C=O) groups is 10. The topological polar surface area (TPSA) is 408 Å². The minimum atomic E-state index is -1.54. The van der Waals surface area contributed by atoms with Crippen LogP contribution in [-0.2, 0) is 47.8 Å². The molecule has 8 amide bonds. The predicted molar refractivity (Wildman–Crippen MR) is 441 cm³/mol. The zero-order valence-corrected chi connectivity index (χ0v) is 71.7. The van der Waals surface area contributed by atoms with Crippen LogP contribution in [0, 0.1) is 34.5 Å². The van der Waals surface area contributed by atoms with Gasteiger partial charge in [-0.25, -0.2) is 39.1 Å². The van der Waals surface area contributed by atoms with E-state index in [1.807, 2.05) is 31.4 Å². The predicted octanol–water partition coefficient (Wildman–Crippen LogP) is 12.9. The fourth-order valence-electron chi connectivity index (χ4n) is 14.2.